The SMILES string of the molecule is CC(=O)O[C@H]1[C@H]2[C@@H](C(=O)C(OC(=O)c3ccc4c(c3)C(=O)c3ccccc3C4=O)[C@H]3C[C@@H]4O[C@@H]4[C@H](O)[C@]23C)[C@@H]2[C@@H](O)[C@@H]3[C@H](C(C)[C@H]4O[C@]45OC(=O)[C@@](C)(O)[C@]35C)[C@@]2(C)[C@H]1O. The van der Waals surface area contributed by atoms with Crippen LogP contribution in [0.5, 0.6) is 0 Å². The van der Waals surface area contributed by atoms with Crippen molar-refractivity contribution < 1.29 is 72.9 Å². The largest absolute Gasteiger partial charge is 0.459 e. The minimum atomic E-state index is -2.16. The average molecular weight is 827 g/mol. The van der Waals surface area contributed by atoms with Crippen LogP contribution in [-0.2, 0) is 38.1 Å². The lowest BCUT2D eigenvalue weighted by Gasteiger charge is -2.64. The van der Waals surface area contributed by atoms with Crippen LogP contribution < -0.4 is 0 Å². The van der Waals surface area contributed by atoms with Crippen molar-refractivity contribution in [3.8, 4) is 0 Å². The number of ether oxygens (including phenoxy) is 5. The lowest BCUT2D eigenvalue weighted by Crippen LogP contribution is -2.74. The van der Waals surface area contributed by atoms with E-state index in [0.29, 0.717) is 0 Å². The molecule has 2 unspecified atom stereocenters. The van der Waals surface area contributed by atoms with Gasteiger partial charge in [0.1, 0.15) is 18.3 Å². The number of esters is 3. The molecule has 11 rings (SSSR count). The Hall–Kier alpha value is -4.38. The number of hydrogen-bond acceptors (Lipinski definition) is 15. The Kier molecular flexibility index (Phi) is 7.42. The standard InChI is InChI=1S/C45H46O15/c1-15-25-28(43(5)44(6,55)40(54)60-45(43)38(15)59-45)32(50)26-24-27(35(56-16(2)46)37(52)42(25,26)4)41(3)22(14-23-34(57-23)36(41)51)33(31(24)49)58-39(53)17-11-12-20-21(13-17)30(48)19-10-8-7-9-18(19)29(20)47/h7-13,15,22-28,32-38,50-52,55H,14H2,1-6H3/t15?,22-,23+,24+,25+,26-,27-,28+,32-,33?,34+,35+,36+,37+,38-,41+,42-,43+,44-,45+/m1/s1. The van der Waals surface area contributed by atoms with E-state index in [1.807, 2.05) is 6.92 Å². The van der Waals surface area contributed by atoms with Gasteiger partial charge in [0.25, 0.3) is 0 Å². The zero-order valence-corrected chi connectivity index (χ0v) is 33.7. The molecule has 2 aromatic carbocycles. The molecular formula is C45H46O15. The van der Waals surface area contributed by atoms with Crippen LogP contribution in [0.2, 0.25) is 0 Å². The fraction of sp³-hybridized carbons (Fsp3) is 0.600. The molecule has 1 spiro atoms. The second-order valence-corrected chi connectivity index (χ2v) is 19.7. The van der Waals surface area contributed by atoms with Gasteiger partial charge in [-0.2, -0.15) is 0 Å². The van der Waals surface area contributed by atoms with Crippen molar-refractivity contribution in [1.29, 1.82) is 0 Å². The quantitative estimate of drug-likeness (QED) is 0.167. The van der Waals surface area contributed by atoms with Crippen molar-refractivity contribution in [3.05, 3.63) is 70.3 Å². The van der Waals surface area contributed by atoms with Gasteiger partial charge in [0.05, 0.1) is 35.4 Å². The third-order valence-electron chi connectivity index (χ3n) is 17.6. The van der Waals surface area contributed by atoms with Gasteiger partial charge in [-0.05, 0) is 50.3 Å². The summed E-state index contributed by atoms with van der Waals surface area (Å²) in [5, 5.41) is 50.0. The van der Waals surface area contributed by atoms with Gasteiger partial charge in [-0.1, -0.05) is 45.0 Å². The summed E-state index contributed by atoms with van der Waals surface area (Å²) in [6.45, 7) is 9.38. The average Bonchev–Trinajstić information content (AvgIpc) is 4.12. The summed E-state index contributed by atoms with van der Waals surface area (Å²) in [6, 6.07) is 10.4. The molecule has 3 saturated heterocycles. The van der Waals surface area contributed by atoms with E-state index >= 15 is 4.79 Å². The number of hydrogen-bond donors (Lipinski definition) is 4. The summed E-state index contributed by atoms with van der Waals surface area (Å²) in [5.74, 6) is -12.5. The molecule has 0 bridgehead atoms. The van der Waals surface area contributed by atoms with Crippen molar-refractivity contribution in [3.63, 3.8) is 0 Å². The van der Waals surface area contributed by atoms with Crippen molar-refractivity contribution in [2.45, 2.75) is 108 Å². The fourth-order valence-corrected chi connectivity index (χ4v) is 14.7. The molecule has 4 N–H and O–H groups in total. The third kappa shape index (κ3) is 4.13. The summed E-state index contributed by atoms with van der Waals surface area (Å²) in [4.78, 5) is 83.4. The highest BCUT2D eigenvalue weighted by molar-refractivity contribution is 6.28. The summed E-state index contributed by atoms with van der Waals surface area (Å²) in [5.41, 5.74) is -6.19. The molecule has 9 aliphatic rings. The number of aliphatic hydroxyl groups excluding tert-OH is 3. The van der Waals surface area contributed by atoms with Crippen molar-refractivity contribution in [1.82, 2.24) is 0 Å². The molecule has 0 amide bonds. The van der Waals surface area contributed by atoms with E-state index in [1.54, 1.807) is 39.0 Å². The van der Waals surface area contributed by atoms with Gasteiger partial charge >= 0.3 is 17.9 Å². The zero-order chi connectivity index (χ0) is 42.7. The van der Waals surface area contributed by atoms with E-state index in [-0.39, 0.29) is 40.0 Å². The first-order valence-corrected chi connectivity index (χ1v) is 20.8. The first-order valence-electron chi connectivity index (χ1n) is 20.8. The molecule has 0 aromatic heterocycles. The van der Waals surface area contributed by atoms with Crippen LogP contribution in [0.4, 0.5) is 0 Å². The highest BCUT2D eigenvalue weighted by Gasteiger charge is 2.93. The molecule has 2 aromatic rings. The van der Waals surface area contributed by atoms with Crippen LogP contribution in [-0.4, -0.2) is 116 Å². The van der Waals surface area contributed by atoms with E-state index in [9.17, 15) is 44.4 Å². The molecule has 3 aliphatic heterocycles. The van der Waals surface area contributed by atoms with Crippen molar-refractivity contribution in [2.24, 2.45) is 57.7 Å². The molecule has 60 heavy (non-hydrogen) atoms. The number of ketones is 3. The van der Waals surface area contributed by atoms with Gasteiger partial charge in [0.2, 0.25) is 5.79 Å². The smallest absolute Gasteiger partial charge is 0.341 e. The number of Topliss-reactive ketones (excluding diaryl/α,β-unsaturated/α-hetero) is 1. The minimum absolute atomic E-state index is 0.000877. The van der Waals surface area contributed by atoms with Gasteiger partial charge in [-0.25, -0.2) is 9.59 Å². The number of benzene rings is 2. The Labute approximate surface area is 343 Å². The normalized spacial score (nSPS) is 50.9. The van der Waals surface area contributed by atoms with Gasteiger partial charge in [-0.15, -0.1) is 0 Å². The maximum absolute atomic E-state index is 15.6. The van der Waals surface area contributed by atoms with Crippen molar-refractivity contribution >= 4 is 35.3 Å². The van der Waals surface area contributed by atoms with Crippen LogP contribution in [0.15, 0.2) is 42.5 Å². The second kappa shape index (κ2) is 11.5. The predicted octanol–water partition coefficient (Wildman–Crippen LogP) is 1.55. The molecule has 316 valence electrons. The number of carbonyl (C=O) groups excluding carboxylic acids is 6. The molecule has 0 radical (unpaired) electrons. The topological polar surface area (TPSA) is 236 Å². The summed E-state index contributed by atoms with van der Waals surface area (Å²) in [6.07, 6.45) is -9.00. The van der Waals surface area contributed by atoms with E-state index in [2.05, 4.69) is 0 Å². The van der Waals surface area contributed by atoms with Gasteiger partial charge in [0.15, 0.2) is 29.1 Å². The molecule has 5 saturated carbocycles. The molecule has 20 atom stereocenters. The Bertz CT molecular complexity index is 2390. The Morgan fingerprint density at radius 2 is 1.45 bits per heavy atom. The van der Waals surface area contributed by atoms with Gasteiger partial charge in [-0.3, -0.25) is 19.2 Å². The summed E-state index contributed by atoms with van der Waals surface area (Å²) >= 11 is 0. The number of carbonyl (C=O) groups is 6. The first-order chi connectivity index (χ1) is 28.2. The summed E-state index contributed by atoms with van der Waals surface area (Å²) in [7, 11) is 0. The van der Waals surface area contributed by atoms with Crippen LogP contribution in [0.1, 0.15) is 90.2 Å². The Morgan fingerprint density at radius 1 is 0.800 bits per heavy atom. The highest BCUT2D eigenvalue weighted by Crippen LogP contribution is 2.80. The number of fused-ring (bicyclic) bond motifs is 11. The first kappa shape index (κ1) is 38.5. The van der Waals surface area contributed by atoms with Gasteiger partial charge < -0.3 is 44.1 Å². The lowest BCUT2D eigenvalue weighted by molar-refractivity contribution is -0.261. The van der Waals surface area contributed by atoms with Crippen LogP contribution in [0.3, 0.4) is 0 Å². The lowest BCUT2D eigenvalue weighted by atomic mass is 9.41. The number of aliphatic hydroxyl groups is 4. The highest BCUT2D eigenvalue weighted by atomic mass is 16.8. The minimum Gasteiger partial charge on any atom is -0.459 e. The van der Waals surface area contributed by atoms with E-state index in [1.165, 1.54) is 38.1 Å². The molecule has 3 heterocycles. The predicted molar refractivity (Wildman–Crippen MR) is 200 cm³/mol. The number of rotatable bonds is 3. The van der Waals surface area contributed by atoms with Crippen LogP contribution >= 0.6 is 0 Å². The Balaban J connectivity index is 1.04. The zero-order valence-electron chi connectivity index (χ0n) is 33.7. The second-order valence-electron chi connectivity index (χ2n) is 19.7. The van der Waals surface area contributed by atoms with E-state index < -0.39 is 147 Å². The Morgan fingerprint density at radius 3 is 2.12 bits per heavy atom. The number of epoxide rings is 2. The maximum Gasteiger partial charge on any atom is 0.341 e. The molecule has 8 fully saturated rings. The third-order valence-corrected chi connectivity index (χ3v) is 17.6. The monoisotopic (exact) mass is 826 g/mol. The molecule has 15 heteroatoms. The van der Waals surface area contributed by atoms with Crippen LogP contribution in [0, 0.1) is 57.7 Å². The molecular weight excluding hydrogens is 780 g/mol. The van der Waals surface area contributed by atoms with E-state index in [4.69, 9.17) is 23.7 Å². The molecule has 15 nitrogen and oxygen atoms in total. The van der Waals surface area contributed by atoms with Crippen LogP contribution in [0.25, 0.3) is 0 Å². The van der Waals surface area contributed by atoms with E-state index in [0.717, 1.165) is 0 Å². The summed E-state index contributed by atoms with van der Waals surface area (Å²) < 4.78 is 30.2. The molecule has 6 aliphatic carbocycles. The maximum atomic E-state index is 15.6. The van der Waals surface area contributed by atoms with Gasteiger partial charge in [0, 0.05) is 69.6 Å². The van der Waals surface area contributed by atoms with Crippen molar-refractivity contribution in [2.75, 3.05) is 0 Å². The fourth-order valence-electron chi connectivity index (χ4n) is 14.7.